The van der Waals surface area contributed by atoms with Gasteiger partial charge in [-0.25, -0.2) is 4.98 Å². The number of rotatable bonds is 5. The van der Waals surface area contributed by atoms with Crippen LogP contribution in [0.5, 0.6) is 5.75 Å². The van der Waals surface area contributed by atoms with Crippen molar-refractivity contribution in [3.8, 4) is 17.2 Å². The summed E-state index contributed by atoms with van der Waals surface area (Å²) >= 11 is 1.64. The molecule has 0 spiro atoms. The van der Waals surface area contributed by atoms with Gasteiger partial charge in [0.15, 0.2) is 5.76 Å². The second-order valence-electron chi connectivity index (χ2n) is 6.43. The zero-order valence-electron chi connectivity index (χ0n) is 15.6. The first-order chi connectivity index (χ1) is 14.3. The highest BCUT2D eigenvalue weighted by molar-refractivity contribution is 7.17. The molecule has 0 radical (unpaired) electrons. The van der Waals surface area contributed by atoms with Crippen molar-refractivity contribution in [2.45, 2.75) is 6.54 Å². The predicted octanol–water partition coefficient (Wildman–Crippen LogP) is 4.70. The fraction of sp³-hybridized carbons (Fsp3) is 0.0952. The first-order valence-corrected chi connectivity index (χ1v) is 9.86. The predicted molar refractivity (Wildman–Crippen MR) is 117 cm³/mol. The van der Waals surface area contributed by atoms with Crippen LogP contribution in [0.2, 0.25) is 0 Å². The van der Waals surface area contributed by atoms with Gasteiger partial charge >= 0.3 is 0 Å². The van der Waals surface area contributed by atoms with Gasteiger partial charge in [-0.05, 0) is 35.7 Å². The zero-order chi connectivity index (χ0) is 19.6. The van der Waals surface area contributed by atoms with Crippen LogP contribution in [-0.4, -0.2) is 26.3 Å². The zero-order valence-corrected chi connectivity index (χ0v) is 17.3. The van der Waals surface area contributed by atoms with Gasteiger partial charge in [-0.15, -0.1) is 23.7 Å². The minimum absolute atomic E-state index is 0. The second kappa shape index (κ2) is 8.56. The van der Waals surface area contributed by atoms with Gasteiger partial charge in [-0.1, -0.05) is 5.16 Å². The minimum Gasteiger partial charge on any atom is -0.492 e. The molecule has 0 aliphatic rings. The van der Waals surface area contributed by atoms with Crippen LogP contribution in [0.15, 0.2) is 76.3 Å². The van der Waals surface area contributed by atoms with Gasteiger partial charge in [0.2, 0.25) is 0 Å². The third-order valence-corrected chi connectivity index (χ3v) is 5.47. The van der Waals surface area contributed by atoms with E-state index in [-0.39, 0.29) is 12.4 Å². The minimum atomic E-state index is 0. The molecule has 4 heterocycles. The molecule has 0 saturated carbocycles. The van der Waals surface area contributed by atoms with Crippen LogP contribution < -0.4 is 10.1 Å². The van der Waals surface area contributed by atoms with E-state index in [1.807, 2.05) is 52.7 Å². The summed E-state index contributed by atoms with van der Waals surface area (Å²) in [5.41, 5.74) is 1.28. The van der Waals surface area contributed by atoms with Crippen molar-refractivity contribution >= 4 is 44.8 Å². The Morgan fingerprint density at radius 1 is 1.20 bits per heavy atom. The number of pyridine rings is 1. The van der Waals surface area contributed by atoms with Gasteiger partial charge < -0.3 is 18.9 Å². The van der Waals surface area contributed by atoms with Crippen LogP contribution >= 0.6 is 23.7 Å². The van der Waals surface area contributed by atoms with Crippen LogP contribution in [0.4, 0.5) is 0 Å². The quantitative estimate of drug-likeness (QED) is 0.316. The summed E-state index contributed by atoms with van der Waals surface area (Å²) in [6, 6.07) is 11.1. The molecule has 5 aromatic rings. The topological polar surface area (TPSA) is 85.7 Å². The number of thiophene rings is 1. The van der Waals surface area contributed by atoms with Crippen molar-refractivity contribution in [1.29, 1.82) is 0 Å². The maximum Gasteiger partial charge on any atom is 0.155 e. The molecule has 4 aromatic heterocycles. The lowest BCUT2D eigenvalue weighted by Gasteiger charge is -2.09. The summed E-state index contributed by atoms with van der Waals surface area (Å²) in [6.07, 6.45) is 7.17. The molecule has 1 N–H and O–H groups in total. The van der Waals surface area contributed by atoms with Crippen LogP contribution in [0.25, 0.3) is 32.5 Å². The summed E-state index contributed by atoms with van der Waals surface area (Å²) in [6.45, 7) is 1.18. The Labute approximate surface area is 181 Å². The molecule has 0 aliphatic heterocycles. The van der Waals surface area contributed by atoms with E-state index in [0.29, 0.717) is 46.7 Å². The Kier molecular flexibility index (Phi) is 5.69. The maximum atomic E-state index is 9.55. The summed E-state index contributed by atoms with van der Waals surface area (Å²) in [5, 5.41) is 17.2. The number of halogens is 1. The lowest BCUT2D eigenvalue weighted by Crippen LogP contribution is -2.07. The van der Waals surface area contributed by atoms with E-state index in [1.165, 1.54) is 0 Å². The average molecular weight is 441 g/mol. The number of aromatic nitrogens is 3. The highest BCUT2D eigenvalue weighted by Gasteiger charge is 2.10. The number of fused-ring (bicyclic) bond motifs is 2. The van der Waals surface area contributed by atoms with E-state index in [9.17, 15) is 5.21 Å². The first-order valence-electron chi connectivity index (χ1n) is 8.98. The molecule has 0 amide bonds. The molecule has 7 nitrogen and oxygen atoms in total. The van der Waals surface area contributed by atoms with Gasteiger partial charge in [0.1, 0.15) is 29.0 Å². The second-order valence-corrected chi connectivity index (χ2v) is 7.38. The first kappa shape index (κ1) is 19.9. The molecular formula is C21H17ClN4O3S. The summed E-state index contributed by atoms with van der Waals surface area (Å²) in [7, 11) is 0. The molecular weight excluding hydrogens is 424 g/mol. The molecule has 0 unspecified atom stereocenters. The van der Waals surface area contributed by atoms with E-state index in [4.69, 9.17) is 9.15 Å². The third-order valence-electron chi connectivity index (χ3n) is 4.59. The molecule has 0 bridgehead atoms. The van der Waals surface area contributed by atoms with Crippen LogP contribution in [0.1, 0.15) is 0 Å². The SMILES string of the molecule is Cl.ON=c1cc(-c2cc3sccc3cn2)oc2ccc(OCCn3ccnc3)cc12. The van der Waals surface area contributed by atoms with Crippen molar-refractivity contribution < 1.29 is 14.4 Å². The van der Waals surface area contributed by atoms with E-state index in [2.05, 4.69) is 15.1 Å². The lowest BCUT2D eigenvalue weighted by atomic mass is 10.1. The number of nitrogens with zero attached hydrogens (tertiary/aromatic N) is 4. The molecule has 152 valence electrons. The Morgan fingerprint density at radius 2 is 2.13 bits per heavy atom. The Hall–Kier alpha value is -3.36. The highest BCUT2D eigenvalue weighted by Crippen LogP contribution is 2.27. The third kappa shape index (κ3) is 3.87. The summed E-state index contributed by atoms with van der Waals surface area (Å²) in [5.74, 6) is 1.21. The highest BCUT2D eigenvalue weighted by atomic mass is 35.5. The summed E-state index contributed by atoms with van der Waals surface area (Å²) in [4.78, 5) is 8.48. The number of hydrogen-bond acceptors (Lipinski definition) is 7. The van der Waals surface area contributed by atoms with Gasteiger partial charge in [0, 0.05) is 34.7 Å². The van der Waals surface area contributed by atoms with E-state index >= 15 is 0 Å². The standard InChI is InChI=1S/C21H16N4O3S.ClH/c26-24-17-10-20(18-11-21-14(12-23-18)3-8-29-21)28-19-2-1-15(9-16(17)19)27-7-6-25-5-4-22-13-25;/h1-5,8-13,26H,6-7H2;1H. The van der Waals surface area contributed by atoms with Crippen LogP contribution in [0.3, 0.4) is 0 Å². The van der Waals surface area contributed by atoms with Gasteiger partial charge in [0.05, 0.1) is 18.3 Å². The Balaban J connectivity index is 0.00000218. The van der Waals surface area contributed by atoms with Crippen molar-refractivity contribution in [1.82, 2.24) is 14.5 Å². The molecule has 0 fully saturated rings. The lowest BCUT2D eigenvalue weighted by molar-refractivity contribution is 0.298. The van der Waals surface area contributed by atoms with Gasteiger partial charge in [0.25, 0.3) is 0 Å². The van der Waals surface area contributed by atoms with Gasteiger partial charge in [-0.3, -0.25) is 4.98 Å². The summed E-state index contributed by atoms with van der Waals surface area (Å²) < 4.78 is 14.9. The molecule has 30 heavy (non-hydrogen) atoms. The largest absolute Gasteiger partial charge is 0.492 e. The monoisotopic (exact) mass is 440 g/mol. The van der Waals surface area contributed by atoms with E-state index in [1.54, 1.807) is 29.9 Å². The molecule has 0 atom stereocenters. The normalized spacial score (nSPS) is 11.7. The Morgan fingerprint density at radius 3 is 2.97 bits per heavy atom. The van der Waals surface area contributed by atoms with E-state index in [0.717, 1.165) is 10.1 Å². The number of imidazole rings is 1. The van der Waals surface area contributed by atoms with Gasteiger partial charge in [-0.2, -0.15) is 0 Å². The van der Waals surface area contributed by atoms with Crippen molar-refractivity contribution in [3.63, 3.8) is 0 Å². The molecule has 5 rings (SSSR count). The molecule has 0 saturated heterocycles. The van der Waals surface area contributed by atoms with Crippen LogP contribution in [0, 0.1) is 0 Å². The van der Waals surface area contributed by atoms with Crippen molar-refractivity contribution in [2.75, 3.05) is 6.61 Å². The number of hydrogen-bond donors (Lipinski definition) is 1. The molecule has 1 aromatic carbocycles. The smallest absolute Gasteiger partial charge is 0.155 e. The van der Waals surface area contributed by atoms with E-state index < -0.39 is 0 Å². The molecule has 9 heteroatoms. The average Bonchev–Trinajstić information content (AvgIpc) is 3.44. The number of ether oxygens (including phenoxy) is 1. The van der Waals surface area contributed by atoms with Crippen LogP contribution in [-0.2, 0) is 6.54 Å². The molecule has 0 aliphatic carbocycles. The Bertz CT molecular complexity index is 1360. The fourth-order valence-electron chi connectivity index (χ4n) is 3.12. The van der Waals surface area contributed by atoms with Crippen molar-refractivity contribution in [3.05, 3.63) is 72.1 Å². The number of benzene rings is 1. The van der Waals surface area contributed by atoms with Crippen molar-refractivity contribution in [2.24, 2.45) is 5.16 Å². The maximum absolute atomic E-state index is 9.55. The fourth-order valence-corrected chi connectivity index (χ4v) is 3.92.